The lowest BCUT2D eigenvalue weighted by atomic mass is 10.1. The van der Waals surface area contributed by atoms with Crippen LogP contribution in [0.25, 0.3) is 0 Å². The average Bonchev–Trinajstić information content (AvgIpc) is 2.71. The lowest BCUT2D eigenvalue weighted by molar-refractivity contribution is -0.140. The SMILES string of the molecule is CC(C(=O)NC(C)(C)C)N(Cc1ccc(F)cc1)C(=O)CN(c1ccc(F)c(F)c1)S(C)(=O)=O. The van der Waals surface area contributed by atoms with Crippen LogP contribution in [-0.4, -0.2) is 49.5 Å². The zero-order chi connectivity index (χ0) is 25.8. The van der Waals surface area contributed by atoms with Gasteiger partial charge in [-0.25, -0.2) is 21.6 Å². The molecule has 0 radical (unpaired) electrons. The van der Waals surface area contributed by atoms with E-state index in [0.717, 1.165) is 23.3 Å². The molecule has 0 saturated heterocycles. The summed E-state index contributed by atoms with van der Waals surface area (Å²) >= 11 is 0. The molecule has 1 N–H and O–H groups in total. The van der Waals surface area contributed by atoms with Crippen molar-refractivity contribution in [3.63, 3.8) is 0 Å². The summed E-state index contributed by atoms with van der Waals surface area (Å²) in [7, 11) is -4.08. The van der Waals surface area contributed by atoms with Crippen LogP contribution in [0.15, 0.2) is 42.5 Å². The number of hydrogen-bond donors (Lipinski definition) is 1. The van der Waals surface area contributed by atoms with Crippen molar-refractivity contribution in [3.8, 4) is 0 Å². The van der Waals surface area contributed by atoms with Gasteiger partial charge in [-0.15, -0.1) is 0 Å². The topological polar surface area (TPSA) is 86.8 Å². The zero-order valence-corrected chi connectivity index (χ0v) is 20.4. The Bertz CT molecular complexity index is 1150. The quantitative estimate of drug-likeness (QED) is 0.605. The summed E-state index contributed by atoms with van der Waals surface area (Å²) in [5, 5.41) is 2.76. The Morgan fingerprint density at radius 2 is 1.59 bits per heavy atom. The molecule has 7 nitrogen and oxygen atoms in total. The Morgan fingerprint density at radius 3 is 2.09 bits per heavy atom. The van der Waals surface area contributed by atoms with Crippen LogP contribution in [0.2, 0.25) is 0 Å². The van der Waals surface area contributed by atoms with Crippen LogP contribution in [0.1, 0.15) is 33.3 Å². The summed E-state index contributed by atoms with van der Waals surface area (Å²) in [6, 6.07) is 6.70. The fourth-order valence-electron chi connectivity index (χ4n) is 3.10. The molecule has 186 valence electrons. The molecule has 2 rings (SSSR count). The number of rotatable bonds is 8. The van der Waals surface area contributed by atoms with Crippen molar-refractivity contribution >= 4 is 27.5 Å². The minimum Gasteiger partial charge on any atom is -0.350 e. The fourth-order valence-corrected chi connectivity index (χ4v) is 3.94. The van der Waals surface area contributed by atoms with E-state index >= 15 is 0 Å². The molecule has 11 heteroatoms. The van der Waals surface area contributed by atoms with Crippen molar-refractivity contribution in [1.29, 1.82) is 0 Å². The largest absolute Gasteiger partial charge is 0.350 e. The molecule has 0 heterocycles. The molecule has 0 aliphatic heterocycles. The van der Waals surface area contributed by atoms with Crippen LogP contribution in [0.5, 0.6) is 0 Å². The Kier molecular flexibility index (Phi) is 8.35. The number of amides is 2. The maximum Gasteiger partial charge on any atom is 0.244 e. The van der Waals surface area contributed by atoms with E-state index in [2.05, 4.69) is 5.32 Å². The summed E-state index contributed by atoms with van der Waals surface area (Å²) in [4.78, 5) is 27.2. The van der Waals surface area contributed by atoms with Crippen molar-refractivity contribution < 1.29 is 31.2 Å². The summed E-state index contributed by atoms with van der Waals surface area (Å²) in [6.45, 7) is 5.88. The number of nitrogens with one attached hydrogen (secondary N) is 1. The maximum absolute atomic E-state index is 13.8. The van der Waals surface area contributed by atoms with Gasteiger partial charge in [0.2, 0.25) is 21.8 Å². The minimum absolute atomic E-state index is 0.118. The highest BCUT2D eigenvalue weighted by Gasteiger charge is 2.31. The first-order valence-electron chi connectivity index (χ1n) is 10.4. The molecule has 34 heavy (non-hydrogen) atoms. The van der Waals surface area contributed by atoms with E-state index < -0.39 is 57.4 Å². The molecule has 1 atom stereocenters. The van der Waals surface area contributed by atoms with Gasteiger partial charge in [-0.1, -0.05) is 12.1 Å². The highest BCUT2D eigenvalue weighted by atomic mass is 32.2. The molecule has 0 saturated carbocycles. The van der Waals surface area contributed by atoms with E-state index in [1.165, 1.54) is 31.2 Å². The summed E-state index contributed by atoms with van der Waals surface area (Å²) in [5.74, 6) is -4.19. The van der Waals surface area contributed by atoms with Gasteiger partial charge in [-0.2, -0.15) is 0 Å². The van der Waals surface area contributed by atoms with Gasteiger partial charge in [0.15, 0.2) is 11.6 Å². The number of nitrogens with zero attached hydrogens (tertiary/aromatic N) is 2. The van der Waals surface area contributed by atoms with E-state index in [9.17, 15) is 31.2 Å². The first-order chi connectivity index (χ1) is 15.6. The Labute approximate surface area is 197 Å². The van der Waals surface area contributed by atoms with Crippen LogP contribution < -0.4 is 9.62 Å². The molecule has 0 aliphatic rings. The lowest BCUT2D eigenvalue weighted by Crippen LogP contribution is -2.54. The molecule has 0 spiro atoms. The summed E-state index contributed by atoms with van der Waals surface area (Å²) in [5.41, 5.74) is -0.340. The van der Waals surface area contributed by atoms with Crippen LogP contribution in [-0.2, 0) is 26.2 Å². The predicted octanol–water partition coefficient (Wildman–Crippen LogP) is 3.20. The maximum atomic E-state index is 13.8. The molecular weight excluding hydrogens is 471 g/mol. The molecule has 2 aromatic carbocycles. The standard InChI is InChI=1S/C23H28F3N3O4S/c1-15(22(31)27-23(2,3)4)28(13-16-6-8-17(24)9-7-16)21(30)14-29(34(5,32)33)18-10-11-19(25)20(26)12-18/h6-12,15H,13-14H2,1-5H3,(H,27,31). The van der Waals surface area contributed by atoms with Gasteiger partial charge in [0.05, 0.1) is 11.9 Å². The monoisotopic (exact) mass is 499 g/mol. The number of carbonyl (C=O) groups is 2. The third-order valence-electron chi connectivity index (χ3n) is 4.80. The second-order valence-electron chi connectivity index (χ2n) is 8.93. The van der Waals surface area contributed by atoms with E-state index in [1.807, 2.05) is 0 Å². The molecule has 1 unspecified atom stereocenters. The second kappa shape index (κ2) is 10.5. The zero-order valence-electron chi connectivity index (χ0n) is 19.6. The van der Waals surface area contributed by atoms with Gasteiger partial charge < -0.3 is 10.2 Å². The van der Waals surface area contributed by atoms with Gasteiger partial charge in [-0.05, 0) is 57.5 Å². The first-order valence-corrected chi connectivity index (χ1v) is 12.2. The number of hydrogen-bond acceptors (Lipinski definition) is 4. The van der Waals surface area contributed by atoms with Gasteiger partial charge in [0.1, 0.15) is 18.4 Å². The molecule has 0 aromatic heterocycles. The number of benzene rings is 2. The van der Waals surface area contributed by atoms with Crippen molar-refractivity contribution in [2.75, 3.05) is 17.1 Å². The summed E-state index contributed by atoms with van der Waals surface area (Å²) < 4.78 is 65.9. The van der Waals surface area contributed by atoms with E-state index in [0.29, 0.717) is 15.9 Å². The third-order valence-corrected chi connectivity index (χ3v) is 5.94. The highest BCUT2D eigenvalue weighted by molar-refractivity contribution is 7.92. The molecule has 0 aliphatic carbocycles. The van der Waals surface area contributed by atoms with Crippen LogP contribution >= 0.6 is 0 Å². The number of anilines is 1. The summed E-state index contributed by atoms with van der Waals surface area (Å²) in [6.07, 6.45) is 0.821. The van der Waals surface area contributed by atoms with Crippen molar-refractivity contribution in [1.82, 2.24) is 10.2 Å². The molecule has 2 amide bonds. The Morgan fingerprint density at radius 1 is 1.00 bits per heavy atom. The molecule has 0 bridgehead atoms. The molecular formula is C23H28F3N3O4S. The van der Waals surface area contributed by atoms with Crippen molar-refractivity contribution in [2.45, 2.75) is 45.8 Å². The van der Waals surface area contributed by atoms with Gasteiger partial charge >= 0.3 is 0 Å². The van der Waals surface area contributed by atoms with Crippen molar-refractivity contribution in [2.24, 2.45) is 0 Å². The Hall–Kier alpha value is -3.08. The van der Waals surface area contributed by atoms with Gasteiger partial charge in [0.25, 0.3) is 0 Å². The number of sulfonamides is 1. The van der Waals surface area contributed by atoms with Gasteiger partial charge in [0, 0.05) is 18.2 Å². The third kappa shape index (κ3) is 7.47. The highest BCUT2D eigenvalue weighted by Crippen LogP contribution is 2.21. The van der Waals surface area contributed by atoms with E-state index in [4.69, 9.17) is 0 Å². The van der Waals surface area contributed by atoms with Crippen LogP contribution in [0, 0.1) is 17.5 Å². The fraction of sp³-hybridized carbons (Fsp3) is 0.391. The lowest BCUT2D eigenvalue weighted by Gasteiger charge is -2.33. The minimum atomic E-state index is -4.08. The molecule has 2 aromatic rings. The second-order valence-corrected chi connectivity index (χ2v) is 10.8. The molecule has 0 fully saturated rings. The normalized spacial score (nSPS) is 12.7. The average molecular weight is 500 g/mol. The van der Waals surface area contributed by atoms with Crippen LogP contribution in [0.3, 0.4) is 0 Å². The van der Waals surface area contributed by atoms with Crippen molar-refractivity contribution in [3.05, 3.63) is 65.5 Å². The number of halogens is 3. The Balaban J connectivity index is 2.41. The smallest absolute Gasteiger partial charge is 0.244 e. The predicted molar refractivity (Wildman–Crippen MR) is 123 cm³/mol. The number of carbonyl (C=O) groups excluding carboxylic acids is 2. The van der Waals surface area contributed by atoms with Gasteiger partial charge in [-0.3, -0.25) is 13.9 Å². The van der Waals surface area contributed by atoms with E-state index in [-0.39, 0.29) is 12.2 Å². The van der Waals surface area contributed by atoms with Crippen LogP contribution in [0.4, 0.5) is 18.9 Å². The van der Waals surface area contributed by atoms with E-state index in [1.54, 1.807) is 20.8 Å². The first kappa shape index (κ1) is 27.2.